The fourth-order valence-corrected chi connectivity index (χ4v) is 3.31. The van der Waals surface area contributed by atoms with Crippen LogP contribution in [0.3, 0.4) is 0 Å². The Morgan fingerprint density at radius 2 is 1.61 bits per heavy atom. The molecule has 7 heteroatoms. The molecule has 0 saturated carbocycles. The Morgan fingerprint density at radius 3 is 2.25 bits per heavy atom. The second-order valence-corrected chi connectivity index (χ2v) is 6.67. The Hall–Kier alpha value is -3.35. The molecule has 2 aromatic heterocycles. The Kier molecular flexibility index (Phi) is 5.23. The molecule has 0 unspecified atom stereocenters. The fourth-order valence-electron chi connectivity index (χ4n) is 3.31. The van der Waals surface area contributed by atoms with Crippen LogP contribution in [-0.2, 0) is 0 Å². The molecule has 3 aromatic rings. The van der Waals surface area contributed by atoms with Crippen molar-refractivity contribution in [3.05, 3.63) is 60.6 Å². The standard InChI is InChI=1S/C21H24N6O/c1-16-23-19(25-17-6-8-18(28-2)9-7-17)15-21(24-16)27-13-11-26(12-14-27)20-5-3-4-10-22-20/h3-10,15H,11-14H2,1-2H3,(H,23,24,25). The summed E-state index contributed by atoms with van der Waals surface area (Å²) in [5.74, 6) is 4.35. The predicted octanol–water partition coefficient (Wildman–Crippen LogP) is 3.26. The van der Waals surface area contributed by atoms with Crippen molar-refractivity contribution < 1.29 is 4.74 Å². The van der Waals surface area contributed by atoms with E-state index in [0.29, 0.717) is 0 Å². The van der Waals surface area contributed by atoms with E-state index in [-0.39, 0.29) is 0 Å². The summed E-state index contributed by atoms with van der Waals surface area (Å²) in [7, 11) is 1.66. The Bertz CT molecular complexity index is 908. The van der Waals surface area contributed by atoms with Gasteiger partial charge in [0.05, 0.1) is 7.11 Å². The number of anilines is 4. The number of rotatable bonds is 5. The van der Waals surface area contributed by atoms with E-state index in [1.54, 1.807) is 7.11 Å². The van der Waals surface area contributed by atoms with Crippen molar-refractivity contribution in [2.45, 2.75) is 6.92 Å². The molecule has 28 heavy (non-hydrogen) atoms. The average molecular weight is 376 g/mol. The van der Waals surface area contributed by atoms with E-state index >= 15 is 0 Å². The first-order valence-electron chi connectivity index (χ1n) is 9.39. The number of ether oxygens (including phenoxy) is 1. The summed E-state index contributed by atoms with van der Waals surface area (Å²) in [6, 6.07) is 15.8. The van der Waals surface area contributed by atoms with Gasteiger partial charge in [0.25, 0.3) is 0 Å². The molecule has 7 nitrogen and oxygen atoms in total. The van der Waals surface area contributed by atoms with E-state index in [0.717, 1.165) is 60.9 Å². The maximum absolute atomic E-state index is 5.21. The fraction of sp³-hybridized carbons (Fsp3) is 0.286. The van der Waals surface area contributed by atoms with Crippen LogP contribution in [-0.4, -0.2) is 48.2 Å². The molecule has 1 aromatic carbocycles. The number of piperazine rings is 1. The summed E-state index contributed by atoms with van der Waals surface area (Å²) >= 11 is 0. The largest absolute Gasteiger partial charge is 0.497 e. The Morgan fingerprint density at radius 1 is 0.893 bits per heavy atom. The van der Waals surface area contributed by atoms with Crippen LogP contribution in [0, 0.1) is 6.92 Å². The number of aromatic nitrogens is 3. The number of benzene rings is 1. The topological polar surface area (TPSA) is 66.4 Å². The van der Waals surface area contributed by atoms with Gasteiger partial charge in [-0.1, -0.05) is 6.07 Å². The highest BCUT2D eigenvalue weighted by Crippen LogP contribution is 2.23. The molecule has 1 N–H and O–H groups in total. The lowest BCUT2D eigenvalue weighted by molar-refractivity contribution is 0.415. The van der Waals surface area contributed by atoms with Crippen LogP contribution in [0.1, 0.15) is 5.82 Å². The molecule has 1 aliphatic rings. The molecule has 144 valence electrons. The summed E-state index contributed by atoms with van der Waals surface area (Å²) < 4.78 is 5.21. The van der Waals surface area contributed by atoms with Gasteiger partial charge in [0.15, 0.2) is 0 Å². The van der Waals surface area contributed by atoms with Crippen molar-refractivity contribution in [3.8, 4) is 5.75 Å². The van der Waals surface area contributed by atoms with Crippen molar-refractivity contribution >= 4 is 23.1 Å². The molecule has 1 saturated heterocycles. The second-order valence-electron chi connectivity index (χ2n) is 6.67. The zero-order chi connectivity index (χ0) is 19.3. The SMILES string of the molecule is COc1ccc(Nc2cc(N3CCN(c4ccccn4)CC3)nc(C)n2)cc1. The molecular weight excluding hydrogens is 352 g/mol. The van der Waals surface area contributed by atoms with Crippen LogP contribution in [0.5, 0.6) is 5.75 Å². The first-order valence-corrected chi connectivity index (χ1v) is 9.39. The van der Waals surface area contributed by atoms with E-state index in [1.807, 2.05) is 55.6 Å². The quantitative estimate of drug-likeness (QED) is 0.733. The first-order chi connectivity index (χ1) is 13.7. The van der Waals surface area contributed by atoms with Crippen molar-refractivity contribution in [2.24, 2.45) is 0 Å². The molecule has 4 rings (SSSR count). The summed E-state index contributed by atoms with van der Waals surface area (Å²) in [4.78, 5) is 18.2. The highest BCUT2D eigenvalue weighted by molar-refractivity contribution is 5.60. The van der Waals surface area contributed by atoms with Gasteiger partial charge in [-0.15, -0.1) is 0 Å². The number of aryl methyl sites for hydroxylation is 1. The van der Waals surface area contributed by atoms with E-state index in [2.05, 4.69) is 36.1 Å². The van der Waals surface area contributed by atoms with Gasteiger partial charge in [0.2, 0.25) is 0 Å². The highest BCUT2D eigenvalue weighted by atomic mass is 16.5. The molecule has 0 atom stereocenters. The van der Waals surface area contributed by atoms with Crippen LogP contribution in [0.4, 0.5) is 23.1 Å². The Balaban J connectivity index is 1.45. The van der Waals surface area contributed by atoms with Gasteiger partial charge in [-0.25, -0.2) is 15.0 Å². The minimum atomic E-state index is 0.751. The maximum atomic E-state index is 5.21. The summed E-state index contributed by atoms with van der Waals surface area (Å²) in [6.07, 6.45) is 1.84. The number of nitrogens with one attached hydrogen (secondary N) is 1. The predicted molar refractivity (Wildman–Crippen MR) is 112 cm³/mol. The molecule has 1 aliphatic heterocycles. The smallest absolute Gasteiger partial charge is 0.136 e. The monoisotopic (exact) mass is 376 g/mol. The molecule has 3 heterocycles. The number of methoxy groups -OCH3 is 1. The number of pyridine rings is 1. The number of nitrogens with zero attached hydrogens (tertiary/aromatic N) is 5. The highest BCUT2D eigenvalue weighted by Gasteiger charge is 2.19. The lowest BCUT2D eigenvalue weighted by atomic mass is 10.3. The lowest BCUT2D eigenvalue weighted by Gasteiger charge is -2.36. The number of hydrogen-bond acceptors (Lipinski definition) is 7. The van der Waals surface area contributed by atoms with Gasteiger partial charge < -0.3 is 19.9 Å². The summed E-state index contributed by atoms with van der Waals surface area (Å²) in [5, 5.41) is 3.36. The second kappa shape index (κ2) is 8.12. The van der Waals surface area contributed by atoms with E-state index in [4.69, 9.17) is 4.74 Å². The van der Waals surface area contributed by atoms with Crippen LogP contribution in [0.2, 0.25) is 0 Å². The molecule has 0 bridgehead atoms. The van der Waals surface area contributed by atoms with Gasteiger partial charge >= 0.3 is 0 Å². The van der Waals surface area contributed by atoms with Crippen LogP contribution >= 0.6 is 0 Å². The zero-order valence-corrected chi connectivity index (χ0v) is 16.2. The van der Waals surface area contributed by atoms with Gasteiger partial charge in [-0.3, -0.25) is 0 Å². The minimum Gasteiger partial charge on any atom is -0.497 e. The zero-order valence-electron chi connectivity index (χ0n) is 16.2. The van der Waals surface area contributed by atoms with E-state index < -0.39 is 0 Å². The van der Waals surface area contributed by atoms with Crippen molar-refractivity contribution in [3.63, 3.8) is 0 Å². The van der Waals surface area contributed by atoms with Crippen molar-refractivity contribution in [1.82, 2.24) is 15.0 Å². The van der Waals surface area contributed by atoms with Crippen LogP contribution < -0.4 is 19.9 Å². The van der Waals surface area contributed by atoms with E-state index in [9.17, 15) is 0 Å². The average Bonchev–Trinajstić information content (AvgIpc) is 2.75. The van der Waals surface area contributed by atoms with Crippen molar-refractivity contribution in [1.29, 1.82) is 0 Å². The van der Waals surface area contributed by atoms with Gasteiger partial charge in [-0.05, 0) is 43.3 Å². The lowest BCUT2D eigenvalue weighted by Crippen LogP contribution is -2.47. The molecule has 0 radical (unpaired) electrons. The maximum Gasteiger partial charge on any atom is 0.136 e. The first kappa shape index (κ1) is 18.0. The van der Waals surface area contributed by atoms with Gasteiger partial charge in [-0.2, -0.15) is 0 Å². The van der Waals surface area contributed by atoms with Crippen LogP contribution in [0.15, 0.2) is 54.7 Å². The molecular formula is C21H24N6O. The minimum absolute atomic E-state index is 0.751. The summed E-state index contributed by atoms with van der Waals surface area (Å²) in [6.45, 7) is 5.56. The van der Waals surface area contributed by atoms with E-state index in [1.165, 1.54) is 0 Å². The molecule has 0 amide bonds. The normalized spacial score (nSPS) is 14.1. The third-order valence-corrected chi connectivity index (χ3v) is 4.76. The Labute approximate surface area is 165 Å². The van der Waals surface area contributed by atoms with Gasteiger partial charge in [0, 0.05) is 44.1 Å². The van der Waals surface area contributed by atoms with Crippen molar-refractivity contribution in [2.75, 3.05) is 48.4 Å². The molecule has 1 fully saturated rings. The molecule has 0 aliphatic carbocycles. The molecule has 0 spiro atoms. The van der Waals surface area contributed by atoms with Gasteiger partial charge in [0.1, 0.15) is 29.0 Å². The summed E-state index contributed by atoms with van der Waals surface area (Å²) in [5.41, 5.74) is 0.963. The number of hydrogen-bond donors (Lipinski definition) is 1. The third kappa shape index (κ3) is 4.14. The third-order valence-electron chi connectivity index (χ3n) is 4.76. The van der Waals surface area contributed by atoms with Crippen LogP contribution in [0.25, 0.3) is 0 Å².